The van der Waals surface area contributed by atoms with E-state index in [0.29, 0.717) is 11.5 Å². The molecule has 1 amide bonds. The summed E-state index contributed by atoms with van der Waals surface area (Å²) in [6.07, 6.45) is 5.13. The maximum absolute atomic E-state index is 12.0. The Morgan fingerprint density at radius 2 is 2.28 bits per heavy atom. The van der Waals surface area contributed by atoms with Gasteiger partial charge >= 0.3 is 0 Å². The highest BCUT2D eigenvalue weighted by Gasteiger charge is 2.19. The summed E-state index contributed by atoms with van der Waals surface area (Å²) >= 11 is 4.25. The molecule has 98 valence electrons. The van der Waals surface area contributed by atoms with E-state index in [9.17, 15) is 4.79 Å². The highest BCUT2D eigenvalue weighted by Crippen LogP contribution is 2.27. The first-order valence-corrected chi connectivity index (χ1v) is 7.17. The lowest BCUT2D eigenvalue weighted by atomic mass is 9.82. The molecule has 2 nitrogen and oxygen atoms in total. The van der Waals surface area contributed by atoms with E-state index in [2.05, 4.69) is 24.9 Å². The molecule has 2 rings (SSSR count). The van der Waals surface area contributed by atoms with Crippen LogP contribution >= 0.6 is 12.6 Å². The molecule has 0 radical (unpaired) electrons. The van der Waals surface area contributed by atoms with Crippen LogP contribution in [0.5, 0.6) is 0 Å². The van der Waals surface area contributed by atoms with Gasteiger partial charge in [-0.15, -0.1) is 12.6 Å². The number of rotatable bonds is 3. The second-order valence-electron chi connectivity index (χ2n) is 5.40. The SMILES string of the molecule is CC1CCCC(CNC(=O)c2cccc(S)c2)C1. The van der Waals surface area contributed by atoms with E-state index >= 15 is 0 Å². The largest absolute Gasteiger partial charge is 0.352 e. The van der Waals surface area contributed by atoms with Gasteiger partial charge in [0.25, 0.3) is 5.91 Å². The van der Waals surface area contributed by atoms with Crippen LogP contribution in [0.15, 0.2) is 29.2 Å². The molecular formula is C15H21NOS. The molecule has 1 aliphatic rings. The summed E-state index contributed by atoms with van der Waals surface area (Å²) in [6, 6.07) is 7.38. The topological polar surface area (TPSA) is 29.1 Å². The molecule has 0 bridgehead atoms. The van der Waals surface area contributed by atoms with Crippen LogP contribution in [0.1, 0.15) is 43.0 Å². The molecule has 1 saturated carbocycles. The van der Waals surface area contributed by atoms with Gasteiger partial charge in [0.05, 0.1) is 0 Å². The van der Waals surface area contributed by atoms with Crippen molar-refractivity contribution >= 4 is 18.5 Å². The van der Waals surface area contributed by atoms with Crippen LogP contribution in [0, 0.1) is 11.8 Å². The predicted octanol–water partition coefficient (Wildman–Crippen LogP) is 3.53. The number of hydrogen-bond acceptors (Lipinski definition) is 2. The van der Waals surface area contributed by atoms with Gasteiger partial charge in [-0.25, -0.2) is 0 Å². The van der Waals surface area contributed by atoms with E-state index in [4.69, 9.17) is 0 Å². The average Bonchev–Trinajstić information content (AvgIpc) is 2.36. The third-order valence-corrected chi connectivity index (χ3v) is 3.98. The average molecular weight is 263 g/mol. The van der Waals surface area contributed by atoms with Crippen molar-refractivity contribution in [2.45, 2.75) is 37.5 Å². The standard InChI is InChI=1S/C15H21NOS/c1-11-4-2-5-12(8-11)10-16-15(17)13-6-3-7-14(18)9-13/h3,6-7,9,11-12,18H,2,4-5,8,10H2,1H3,(H,16,17). The van der Waals surface area contributed by atoms with Gasteiger partial charge in [-0.1, -0.05) is 25.8 Å². The second-order valence-corrected chi connectivity index (χ2v) is 5.91. The summed E-state index contributed by atoms with van der Waals surface area (Å²) in [5, 5.41) is 3.04. The van der Waals surface area contributed by atoms with Gasteiger partial charge in [0.2, 0.25) is 0 Å². The van der Waals surface area contributed by atoms with E-state index in [0.717, 1.165) is 17.4 Å². The van der Waals surface area contributed by atoms with E-state index in [1.54, 1.807) is 0 Å². The van der Waals surface area contributed by atoms with E-state index in [1.807, 2.05) is 24.3 Å². The monoisotopic (exact) mass is 263 g/mol. The maximum Gasteiger partial charge on any atom is 0.251 e. The van der Waals surface area contributed by atoms with Gasteiger partial charge in [0, 0.05) is 17.0 Å². The van der Waals surface area contributed by atoms with Gasteiger partial charge in [-0.3, -0.25) is 4.79 Å². The third-order valence-electron chi connectivity index (χ3n) is 3.70. The molecule has 0 heterocycles. The Balaban J connectivity index is 1.84. The van der Waals surface area contributed by atoms with Crippen molar-refractivity contribution in [2.75, 3.05) is 6.54 Å². The lowest BCUT2D eigenvalue weighted by Gasteiger charge is -2.26. The lowest BCUT2D eigenvalue weighted by Crippen LogP contribution is -2.31. The van der Waals surface area contributed by atoms with Gasteiger partial charge in [0.1, 0.15) is 0 Å². The Kier molecular flexibility index (Phi) is 4.70. The van der Waals surface area contributed by atoms with E-state index in [-0.39, 0.29) is 5.91 Å². The number of thiol groups is 1. The second kappa shape index (κ2) is 6.28. The number of hydrogen-bond donors (Lipinski definition) is 2. The van der Waals surface area contributed by atoms with Crippen LogP contribution in [0.2, 0.25) is 0 Å². The predicted molar refractivity (Wildman–Crippen MR) is 77.1 cm³/mol. The summed E-state index contributed by atoms with van der Waals surface area (Å²) in [6.45, 7) is 3.11. The molecule has 1 aliphatic carbocycles. The van der Waals surface area contributed by atoms with Gasteiger partial charge in [-0.05, 0) is 42.9 Å². The highest BCUT2D eigenvalue weighted by atomic mass is 32.1. The van der Waals surface area contributed by atoms with Crippen LogP contribution in [0.25, 0.3) is 0 Å². The number of carbonyl (C=O) groups is 1. The number of amides is 1. The molecule has 0 spiro atoms. The van der Waals surface area contributed by atoms with Crippen molar-refractivity contribution in [3.05, 3.63) is 29.8 Å². The zero-order chi connectivity index (χ0) is 13.0. The van der Waals surface area contributed by atoms with Crippen molar-refractivity contribution in [3.63, 3.8) is 0 Å². The summed E-state index contributed by atoms with van der Waals surface area (Å²) in [5.74, 6) is 1.47. The molecule has 1 fully saturated rings. The summed E-state index contributed by atoms with van der Waals surface area (Å²) in [7, 11) is 0. The minimum absolute atomic E-state index is 0.0177. The summed E-state index contributed by atoms with van der Waals surface area (Å²) in [4.78, 5) is 12.8. The molecule has 1 aromatic rings. The molecule has 0 aliphatic heterocycles. The van der Waals surface area contributed by atoms with Crippen molar-refractivity contribution in [3.8, 4) is 0 Å². The van der Waals surface area contributed by atoms with Crippen LogP contribution in [-0.4, -0.2) is 12.5 Å². The zero-order valence-electron chi connectivity index (χ0n) is 10.9. The Bertz CT molecular complexity index is 419. The van der Waals surface area contributed by atoms with Gasteiger partial charge < -0.3 is 5.32 Å². The fourth-order valence-electron chi connectivity index (χ4n) is 2.73. The summed E-state index contributed by atoms with van der Waals surface area (Å²) < 4.78 is 0. The molecular weight excluding hydrogens is 242 g/mol. The van der Waals surface area contributed by atoms with E-state index < -0.39 is 0 Å². The van der Waals surface area contributed by atoms with Crippen LogP contribution in [0.4, 0.5) is 0 Å². The molecule has 2 unspecified atom stereocenters. The van der Waals surface area contributed by atoms with Gasteiger partial charge in [0.15, 0.2) is 0 Å². The molecule has 1 aromatic carbocycles. The quantitative estimate of drug-likeness (QED) is 0.803. The molecule has 0 saturated heterocycles. The molecule has 18 heavy (non-hydrogen) atoms. The van der Waals surface area contributed by atoms with Crippen molar-refractivity contribution < 1.29 is 4.79 Å². The number of nitrogens with one attached hydrogen (secondary N) is 1. The first-order chi connectivity index (χ1) is 8.65. The smallest absolute Gasteiger partial charge is 0.251 e. The maximum atomic E-state index is 12.0. The summed E-state index contributed by atoms with van der Waals surface area (Å²) in [5.41, 5.74) is 0.700. The van der Waals surface area contributed by atoms with Crippen molar-refractivity contribution in [1.82, 2.24) is 5.32 Å². The molecule has 1 N–H and O–H groups in total. The first kappa shape index (κ1) is 13.5. The fourth-order valence-corrected chi connectivity index (χ4v) is 2.96. The highest BCUT2D eigenvalue weighted by molar-refractivity contribution is 7.80. The fraction of sp³-hybridized carbons (Fsp3) is 0.533. The normalized spacial score (nSPS) is 23.7. The minimum atomic E-state index is 0.0177. The zero-order valence-corrected chi connectivity index (χ0v) is 11.7. The van der Waals surface area contributed by atoms with Gasteiger partial charge in [-0.2, -0.15) is 0 Å². The number of carbonyl (C=O) groups excluding carboxylic acids is 1. The van der Waals surface area contributed by atoms with Crippen molar-refractivity contribution in [1.29, 1.82) is 0 Å². The first-order valence-electron chi connectivity index (χ1n) is 6.72. The van der Waals surface area contributed by atoms with Crippen LogP contribution in [-0.2, 0) is 0 Å². The lowest BCUT2D eigenvalue weighted by molar-refractivity contribution is 0.0940. The molecule has 3 heteroatoms. The van der Waals surface area contributed by atoms with Crippen LogP contribution in [0.3, 0.4) is 0 Å². The Labute approximate surface area is 115 Å². The van der Waals surface area contributed by atoms with Crippen LogP contribution < -0.4 is 5.32 Å². The third kappa shape index (κ3) is 3.77. The molecule has 2 atom stereocenters. The molecule has 0 aromatic heterocycles. The Hall–Kier alpha value is -0.960. The van der Waals surface area contributed by atoms with E-state index in [1.165, 1.54) is 25.7 Å². The Morgan fingerprint density at radius 3 is 3.00 bits per heavy atom. The Morgan fingerprint density at radius 1 is 1.44 bits per heavy atom. The van der Waals surface area contributed by atoms with Crippen molar-refractivity contribution in [2.24, 2.45) is 11.8 Å². The number of benzene rings is 1. The minimum Gasteiger partial charge on any atom is -0.352 e.